The second-order valence-electron chi connectivity index (χ2n) is 7.20. The van der Waals surface area contributed by atoms with Gasteiger partial charge < -0.3 is 34.9 Å². The Labute approximate surface area is 239 Å². The second-order valence-corrected chi connectivity index (χ2v) is 11.2. The van der Waals surface area contributed by atoms with Gasteiger partial charge in [-0.25, -0.2) is 0 Å². The Balaban J connectivity index is 0. The van der Waals surface area contributed by atoms with Gasteiger partial charge in [0.2, 0.25) is 0 Å². The van der Waals surface area contributed by atoms with Gasteiger partial charge in [-0.3, -0.25) is 4.21 Å². The minimum Gasteiger partial charge on any atom is -0.999 e. The predicted octanol–water partition coefficient (Wildman–Crippen LogP) is 4.54. The van der Waals surface area contributed by atoms with Crippen LogP contribution in [-0.4, -0.2) is 13.5 Å². The van der Waals surface area contributed by atoms with Crippen molar-refractivity contribution in [1.29, 1.82) is 0 Å². The van der Waals surface area contributed by atoms with E-state index >= 15 is 0 Å². The molecule has 1 atom stereocenters. The molecular weight excluding hydrogens is 583 g/mol. The Morgan fingerprint density at radius 1 is 0.811 bits per heavy atom. The zero-order valence-corrected chi connectivity index (χ0v) is 24.3. The molecule has 37 heavy (non-hydrogen) atoms. The zero-order chi connectivity index (χ0) is 27.2. The first-order valence-electron chi connectivity index (χ1n) is 10.5. The van der Waals surface area contributed by atoms with E-state index in [0.717, 1.165) is 0 Å². The molecule has 1 unspecified atom stereocenters. The molecular formula is C30H26MoO4PS-5. The molecule has 0 aliphatic heterocycles. The van der Waals surface area contributed by atoms with Crippen LogP contribution in [0, 0.1) is 37.6 Å². The van der Waals surface area contributed by atoms with E-state index in [2.05, 4.69) is 135 Å². The number of hydrogen-bond donors (Lipinski definition) is 0. The fraction of sp³-hybridized carbons (Fsp3) is 0.100. The van der Waals surface area contributed by atoms with Crippen molar-refractivity contribution in [2.45, 2.75) is 18.6 Å². The summed E-state index contributed by atoms with van der Waals surface area (Å²) < 4.78 is 34.6. The summed E-state index contributed by atoms with van der Waals surface area (Å²) in [5, 5.41) is 4.31. The summed E-state index contributed by atoms with van der Waals surface area (Å²) in [6, 6.07) is 44.5. The first-order chi connectivity index (χ1) is 17.5. The molecule has 192 valence electrons. The van der Waals surface area contributed by atoms with E-state index in [1.807, 2.05) is 0 Å². The SMILES string of the molecule is C=CC(C)(C)S(=O)[O-].[C-]#[O+].[C-]#[O+].[Mo].[c-]1[c-][c-][cH-][c-]1.c1ccc([PH+](c2ccccc2)c2ccccc2)cc1. The predicted molar refractivity (Wildman–Crippen MR) is 145 cm³/mol. The monoisotopic (exact) mass is 611 g/mol. The Kier molecular flexibility index (Phi) is 22.4. The van der Waals surface area contributed by atoms with Gasteiger partial charge in [0.15, 0.2) is 0 Å². The molecule has 0 heterocycles. The number of hydrogen-bond acceptors (Lipinski definition) is 2. The van der Waals surface area contributed by atoms with Crippen LogP contribution in [0.25, 0.3) is 0 Å². The third kappa shape index (κ3) is 14.7. The van der Waals surface area contributed by atoms with Crippen LogP contribution in [0.5, 0.6) is 0 Å². The van der Waals surface area contributed by atoms with Crippen LogP contribution >= 0.6 is 7.92 Å². The first-order valence-corrected chi connectivity index (χ1v) is 13.0. The van der Waals surface area contributed by atoms with Crippen LogP contribution in [0.15, 0.2) is 110 Å². The van der Waals surface area contributed by atoms with Gasteiger partial charge >= 0.3 is 22.6 Å². The van der Waals surface area contributed by atoms with Gasteiger partial charge in [-0.15, -0.1) is 6.58 Å². The molecule has 0 aliphatic rings. The van der Waals surface area contributed by atoms with Crippen molar-refractivity contribution >= 4 is 34.9 Å². The molecule has 0 amide bonds. The summed E-state index contributed by atoms with van der Waals surface area (Å²) in [5.74, 6) is 0. The van der Waals surface area contributed by atoms with Crippen LogP contribution in [-0.2, 0) is 41.5 Å². The largest absolute Gasteiger partial charge is 0.999 e. The van der Waals surface area contributed by atoms with Gasteiger partial charge in [-0.1, -0.05) is 60.7 Å². The van der Waals surface area contributed by atoms with E-state index in [-0.39, 0.29) is 21.1 Å². The Hall–Kier alpha value is -2.54. The van der Waals surface area contributed by atoms with Gasteiger partial charge in [0.25, 0.3) is 0 Å². The smallest absolute Gasteiger partial charge is 0.102 e. The molecule has 0 saturated heterocycles. The Morgan fingerprint density at radius 3 is 1.27 bits per heavy atom. The zero-order valence-electron chi connectivity index (χ0n) is 20.5. The van der Waals surface area contributed by atoms with E-state index in [1.165, 1.54) is 22.0 Å². The summed E-state index contributed by atoms with van der Waals surface area (Å²) in [4.78, 5) is 0. The molecule has 0 N–H and O–H groups in total. The van der Waals surface area contributed by atoms with Gasteiger partial charge in [-0.05, 0) is 61.3 Å². The Bertz CT molecular complexity index is 1010. The van der Waals surface area contributed by atoms with Crippen LogP contribution in [0.4, 0.5) is 0 Å². The number of rotatable bonds is 5. The summed E-state index contributed by atoms with van der Waals surface area (Å²) in [7, 11) is -0.877. The molecule has 0 aliphatic carbocycles. The molecule has 0 saturated carbocycles. The number of benzene rings is 3. The molecule has 4 aromatic carbocycles. The van der Waals surface area contributed by atoms with Crippen molar-refractivity contribution in [3.8, 4) is 0 Å². The molecule has 7 heteroatoms. The molecule has 4 aromatic rings. The summed E-state index contributed by atoms with van der Waals surface area (Å²) in [6.07, 6.45) is 1.40. The standard InChI is InChI=1S/C18H15P.C5H10O2S.C5H.2CO.Mo/c1-4-10-16(11-5-1)19(17-12-6-2-7-13-17)18-14-8-3-9-15-18;1-4-5(2,3)8(6)7;1-2-4-5-3-1;2*1-2;/h1-15H;4H,1H2,2-3H3,(H,6,7);1H;;;/q;;-5;;;. The van der Waals surface area contributed by atoms with Crippen molar-refractivity contribution in [3.63, 3.8) is 0 Å². The quantitative estimate of drug-likeness (QED) is 0.0833. The molecule has 4 rings (SSSR count). The summed E-state index contributed by atoms with van der Waals surface area (Å²) in [5.41, 5.74) is 0. The van der Waals surface area contributed by atoms with E-state index < -0.39 is 23.7 Å². The minimum atomic E-state index is -2.04. The second kappa shape index (κ2) is 22.6. The minimum absolute atomic E-state index is 0. The van der Waals surface area contributed by atoms with E-state index in [4.69, 9.17) is 9.30 Å². The average Bonchev–Trinajstić information content (AvgIpc) is 3.54. The third-order valence-electron chi connectivity index (χ3n) is 4.46. The normalized spacial score (nSPS) is 9.95. The third-order valence-corrected chi connectivity index (χ3v) is 8.22. The first kappa shape index (κ1) is 36.6. The van der Waals surface area contributed by atoms with E-state index in [9.17, 15) is 8.76 Å². The fourth-order valence-electron chi connectivity index (χ4n) is 2.56. The molecule has 4 nitrogen and oxygen atoms in total. The fourth-order valence-corrected chi connectivity index (χ4v) is 5.28. The molecule has 0 radical (unpaired) electrons. The average molecular weight is 610 g/mol. The van der Waals surface area contributed by atoms with Gasteiger partial charge in [0, 0.05) is 25.8 Å². The maximum absolute atomic E-state index is 10.2. The molecule has 0 aromatic heterocycles. The van der Waals surface area contributed by atoms with Crippen molar-refractivity contribution in [2.75, 3.05) is 0 Å². The van der Waals surface area contributed by atoms with E-state index in [1.54, 1.807) is 19.9 Å². The molecule has 0 spiro atoms. The van der Waals surface area contributed by atoms with Gasteiger partial charge in [0.05, 0.1) is 7.92 Å². The van der Waals surface area contributed by atoms with Gasteiger partial charge in [0.1, 0.15) is 15.9 Å². The van der Waals surface area contributed by atoms with Gasteiger partial charge in [-0.2, -0.15) is 0 Å². The molecule has 0 fully saturated rings. The van der Waals surface area contributed by atoms with Crippen molar-refractivity contribution < 1.29 is 39.1 Å². The molecule has 0 bridgehead atoms. The van der Waals surface area contributed by atoms with E-state index in [0.29, 0.717) is 0 Å². The van der Waals surface area contributed by atoms with Crippen molar-refractivity contribution in [1.82, 2.24) is 0 Å². The maximum Gasteiger partial charge on any atom is 0.102 e. The Morgan fingerprint density at radius 2 is 1.11 bits per heavy atom. The van der Waals surface area contributed by atoms with Crippen LogP contribution < -0.4 is 15.9 Å². The van der Waals surface area contributed by atoms with Crippen LogP contribution in [0.2, 0.25) is 0 Å². The van der Waals surface area contributed by atoms with Crippen LogP contribution in [0.3, 0.4) is 0 Å². The van der Waals surface area contributed by atoms with Crippen molar-refractivity contribution in [2.24, 2.45) is 0 Å². The summed E-state index contributed by atoms with van der Waals surface area (Å²) >= 11 is -2.04. The summed E-state index contributed by atoms with van der Waals surface area (Å²) in [6.45, 7) is 15.5. The van der Waals surface area contributed by atoms with Crippen molar-refractivity contribution in [3.05, 3.63) is 147 Å². The maximum atomic E-state index is 10.2. The van der Waals surface area contributed by atoms with Crippen LogP contribution in [0.1, 0.15) is 13.8 Å². The topological polar surface area (TPSA) is 79.9 Å².